The van der Waals surface area contributed by atoms with E-state index in [1.165, 1.54) is 24.3 Å². The maximum absolute atomic E-state index is 13.5. The first-order valence-corrected chi connectivity index (χ1v) is 5.23. The van der Waals surface area contributed by atoms with E-state index in [0.29, 0.717) is 0 Å². The zero-order chi connectivity index (χ0) is 14.5. The standard InChI is InChI=1S/C10H5ClF6N2/c11-10(16,17)9(14,15)8(12,13)7-18-5-3-1-2-4-6(5)19-7/h1-4H,(H,18,19). The molecule has 0 spiro atoms. The summed E-state index contributed by atoms with van der Waals surface area (Å²) < 4.78 is 77.8. The maximum Gasteiger partial charge on any atom is 0.394 e. The van der Waals surface area contributed by atoms with Gasteiger partial charge in [-0.1, -0.05) is 12.1 Å². The molecule has 0 radical (unpaired) electrons. The molecule has 1 N–H and O–H groups in total. The van der Waals surface area contributed by atoms with Crippen molar-refractivity contribution < 1.29 is 26.3 Å². The van der Waals surface area contributed by atoms with E-state index in [0.717, 1.165) is 0 Å². The van der Waals surface area contributed by atoms with Crippen LogP contribution in [0.2, 0.25) is 0 Å². The second-order valence-corrected chi connectivity index (χ2v) is 4.22. The first-order valence-electron chi connectivity index (χ1n) is 4.85. The molecule has 0 saturated heterocycles. The summed E-state index contributed by atoms with van der Waals surface area (Å²) in [5.41, 5.74) is -0.0308. The Kier molecular flexibility index (Phi) is 2.96. The molecule has 0 aliphatic rings. The molecular formula is C10H5ClF6N2. The molecule has 0 atom stereocenters. The SMILES string of the molecule is FC(F)(Cl)C(F)(F)C(F)(F)c1nc2ccccc2[nH]1. The number of aromatic amines is 1. The quantitative estimate of drug-likeness (QED) is 0.670. The summed E-state index contributed by atoms with van der Waals surface area (Å²) in [6, 6.07) is 5.43. The van der Waals surface area contributed by atoms with Crippen LogP contribution in [-0.2, 0) is 5.92 Å². The molecule has 1 heterocycles. The highest BCUT2D eigenvalue weighted by Crippen LogP contribution is 2.52. The highest BCUT2D eigenvalue weighted by Gasteiger charge is 2.73. The number of benzene rings is 1. The summed E-state index contributed by atoms with van der Waals surface area (Å²) in [7, 11) is 0. The summed E-state index contributed by atoms with van der Waals surface area (Å²) in [6.07, 6.45) is 0. The Balaban J connectivity index is 2.55. The predicted octanol–water partition coefficient (Wildman–Crippen LogP) is 4.12. The molecule has 1 aromatic heterocycles. The maximum atomic E-state index is 13.5. The molecule has 0 unspecified atom stereocenters. The molecule has 9 heteroatoms. The van der Waals surface area contributed by atoms with Gasteiger partial charge in [-0.05, 0) is 23.7 Å². The van der Waals surface area contributed by atoms with E-state index < -0.39 is 23.1 Å². The zero-order valence-corrected chi connectivity index (χ0v) is 9.66. The molecule has 2 nitrogen and oxygen atoms in total. The lowest BCUT2D eigenvalue weighted by molar-refractivity contribution is -0.288. The van der Waals surface area contributed by atoms with E-state index >= 15 is 0 Å². The number of fused-ring (bicyclic) bond motifs is 1. The summed E-state index contributed by atoms with van der Waals surface area (Å²) in [6.45, 7) is 0. The van der Waals surface area contributed by atoms with E-state index in [-0.39, 0.29) is 11.0 Å². The topological polar surface area (TPSA) is 28.7 Å². The van der Waals surface area contributed by atoms with Crippen LogP contribution in [0.25, 0.3) is 11.0 Å². The third-order valence-corrected chi connectivity index (χ3v) is 2.67. The summed E-state index contributed by atoms with van der Waals surface area (Å²) in [5, 5.41) is -5.41. The molecule has 2 aromatic rings. The number of H-pyrrole nitrogens is 1. The number of alkyl halides is 7. The number of rotatable bonds is 3. The number of hydrogen-bond acceptors (Lipinski definition) is 1. The molecule has 1 aromatic carbocycles. The number of para-hydroxylation sites is 2. The van der Waals surface area contributed by atoms with Crippen LogP contribution < -0.4 is 0 Å². The highest BCUT2D eigenvalue weighted by atomic mass is 35.5. The van der Waals surface area contributed by atoms with Gasteiger partial charge in [0.25, 0.3) is 0 Å². The number of halogens is 7. The molecule has 2 rings (SSSR count). The van der Waals surface area contributed by atoms with Gasteiger partial charge in [0, 0.05) is 0 Å². The van der Waals surface area contributed by atoms with Crippen molar-refractivity contribution in [3.05, 3.63) is 30.1 Å². The molecule has 0 fully saturated rings. The Morgan fingerprint density at radius 1 is 1.00 bits per heavy atom. The van der Waals surface area contributed by atoms with Crippen LogP contribution in [-0.4, -0.2) is 21.3 Å². The fourth-order valence-corrected chi connectivity index (χ4v) is 1.55. The van der Waals surface area contributed by atoms with Crippen LogP contribution in [0.5, 0.6) is 0 Å². The number of nitrogens with zero attached hydrogens (tertiary/aromatic N) is 1. The zero-order valence-electron chi connectivity index (χ0n) is 8.90. The van der Waals surface area contributed by atoms with Crippen molar-refractivity contribution in [3.63, 3.8) is 0 Å². The Hall–Kier alpha value is -1.44. The van der Waals surface area contributed by atoms with Crippen molar-refractivity contribution in [2.24, 2.45) is 0 Å². The van der Waals surface area contributed by atoms with Crippen LogP contribution in [0.1, 0.15) is 5.82 Å². The number of imidazole rings is 1. The smallest absolute Gasteiger partial charge is 0.337 e. The third-order valence-electron chi connectivity index (χ3n) is 2.44. The van der Waals surface area contributed by atoms with Crippen molar-refractivity contribution >= 4 is 22.6 Å². The van der Waals surface area contributed by atoms with Crippen LogP contribution in [0.15, 0.2) is 24.3 Å². The van der Waals surface area contributed by atoms with E-state index in [1.807, 2.05) is 4.98 Å². The van der Waals surface area contributed by atoms with Gasteiger partial charge >= 0.3 is 17.2 Å². The van der Waals surface area contributed by atoms with Gasteiger partial charge in [0.05, 0.1) is 11.0 Å². The number of aromatic nitrogens is 2. The van der Waals surface area contributed by atoms with E-state index in [9.17, 15) is 26.3 Å². The van der Waals surface area contributed by atoms with Crippen molar-refractivity contribution in [1.82, 2.24) is 9.97 Å². The van der Waals surface area contributed by atoms with Gasteiger partial charge in [-0.3, -0.25) is 0 Å². The highest BCUT2D eigenvalue weighted by molar-refractivity contribution is 6.22. The molecule has 0 aliphatic carbocycles. The van der Waals surface area contributed by atoms with Gasteiger partial charge in [0.1, 0.15) is 0 Å². The molecule has 19 heavy (non-hydrogen) atoms. The van der Waals surface area contributed by atoms with Gasteiger partial charge in [0.2, 0.25) is 0 Å². The molecule has 0 aliphatic heterocycles. The van der Waals surface area contributed by atoms with Gasteiger partial charge in [-0.2, -0.15) is 26.3 Å². The molecular weight excluding hydrogens is 298 g/mol. The normalized spacial score (nSPS) is 14.1. The fourth-order valence-electron chi connectivity index (χ4n) is 1.43. The average Bonchev–Trinajstić information content (AvgIpc) is 2.71. The van der Waals surface area contributed by atoms with Crippen LogP contribution in [0.3, 0.4) is 0 Å². The Morgan fingerprint density at radius 2 is 1.58 bits per heavy atom. The summed E-state index contributed by atoms with van der Waals surface area (Å²) >= 11 is 4.05. The minimum absolute atomic E-state index is 0.0193. The first kappa shape index (κ1) is 14.0. The van der Waals surface area contributed by atoms with Crippen molar-refractivity contribution in [2.75, 3.05) is 0 Å². The van der Waals surface area contributed by atoms with E-state index in [1.54, 1.807) is 0 Å². The molecule has 0 saturated carbocycles. The van der Waals surface area contributed by atoms with Crippen LogP contribution >= 0.6 is 11.6 Å². The van der Waals surface area contributed by atoms with Gasteiger partial charge in [-0.25, -0.2) is 4.98 Å². The van der Waals surface area contributed by atoms with Crippen molar-refractivity contribution in [2.45, 2.75) is 17.2 Å². The largest absolute Gasteiger partial charge is 0.394 e. The molecule has 0 bridgehead atoms. The van der Waals surface area contributed by atoms with Crippen molar-refractivity contribution in [3.8, 4) is 0 Å². The minimum atomic E-state index is -5.78. The Bertz CT molecular complexity index is 570. The van der Waals surface area contributed by atoms with Crippen LogP contribution in [0.4, 0.5) is 26.3 Å². The second kappa shape index (κ2) is 4.03. The lowest BCUT2D eigenvalue weighted by Crippen LogP contribution is -2.49. The number of nitrogens with one attached hydrogen (secondary N) is 1. The Labute approximate surface area is 107 Å². The minimum Gasteiger partial charge on any atom is -0.337 e. The van der Waals surface area contributed by atoms with E-state index in [4.69, 9.17) is 0 Å². The lowest BCUT2D eigenvalue weighted by atomic mass is 10.1. The average molecular weight is 303 g/mol. The Morgan fingerprint density at radius 3 is 2.11 bits per heavy atom. The predicted molar refractivity (Wildman–Crippen MR) is 55.7 cm³/mol. The summed E-state index contributed by atoms with van der Waals surface area (Å²) in [5.74, 6) is -12.6. The second-order valence-electron chi connectivity index (χ2n) is 3.75. The van der Waals surface area contributed by atoms with Gasteiger partial charge < -0.3 is 4.98 Å². The van der Waals surface area contributed by atoms with Gasteiger partial charge in [0.15, 0.2) is 5.82 Å². The fraction of sp³-hybridized carbons (Fsp3) is 0.300. The lowest BCUT2D eigenvalue weighted by Gasteiger charge is -2.27. The van der Waals surface area contributed by atoms with Gasteiger partial charge in [-0.15, -0.1) is 0 Å². The number of hydrogen-bond donors (Lipinski definition) is 1. The monoisotopic (exact) mass is 302 g/mol. The summed E-state index contributed by atoms with van der Waals surface area (Å²) in [4.78, 5) is 5.07. The third kappa shape index (κ3) is 2.03. The molecule has 0 amide bonds. The van der Waals surface area contributed by atoms with Crippen molar-refractivity contribution in [1.29, 1.82) is 0 Å². The van der Waals surface area contributed by atoms with E-state index in [2.05, 4.69) is 16.6 Å². The first-order chi connectivity index (χ1) is 8.57. The molecule has 104 valence electrons. The van der Waals surface area contributed by atoms with Crippen LogP contribution in [0, 0.1) is 0 Å².